The highest BCUT2D eigenvalue weighted by Crippen LogP contribution is 2.57. The molecule has 0 spiro atoms. The lowest BCUT2D eigenvalue weighted by Crippen LogP contribution is -2.35. The molecule has 3 aliphatic rings. The average molecular weight is 275 g/mol. The topological polar surface area (TPSA) is 55.4 Å². The average Bonchev–Trinajstić information content (AvgIpc) is 3.02. The van der Waals surface area contributed by atoms with Crippen molar-refractivity contribution in [2.45, 2.75) is 18.9 Å². The minimum Gasteiger partial charge on any atom is -0.462 e. The van der Waals surface area contributed by atoms with E-state index in [4.69, 9.17) is 4.74 Å². The van der Waals surface area contributed by atoms with Crippen LogP contribution < -0.4 is 5.32 Å². The van der Waals surface area contributed by atoms with E-state index in [9.17, 15) is 14.0 Å². The second kappa shape index (κ2) is 4.04. The molecule has 5 heteroatoms. The van der Waals surface area contributed by atoms with Gasteiger partial charge < -0.3 is 10.1 Å². The zero-order valence-corrected chi connectivity index (χ0v) is 10.7. The summed E-state index contributed by atoms with van der Waals surface area (Å²) in [6.45, 7) is 0. The summed E-state index contributed by atoms with van der Waals surface area (Å²) in [5, 5.41) is 2.79. The van der Waals surface area contributed by atoms with Crippen LogP contribution >= 0.6 is 0 Å². The Kier molecular flexibility index (Phi) is 2.40. The van der Waals surface area contributed by atoms with Gasteiger partial charge in [0.2, 0.25) is 5.91 Å². The molecule has 2 aliphatic carbocycles. The van der Waals surface area contributed by atoms with Crippen molar-refractivity contribution in [3.63, 3.8) is 0 Å². The largest absolute Gasteiger partial charge is 0.462 e. The van der Waals surface area contributed by atoms with Gasteiger partial charge in [0, 0.05) is 11.6 Å². The minimum absolute atomic E-state index is 0.0346. The zero-order valence-electron chi connectivity index (χ0n) is 10.7. The van der Waals surface area contributed by atoms with Crippen molar-refractivity contribution in [2.24, 2.45) is 23.7 Å². The van der Waals surface area contributed by atoms with Crippen molar-refractivity contribution in [2.75, 3.05) is 5.32 Å². The fourth-order valence-corrected chi connectivity index (χ4v) is 4.12. The van der Waals surface area contributed by atoms with Gasteiger partial charge >= 0.3 is 5.97 Å². The number of carbonyl (C=O) groups excluding carboxylic acids is 2. The smallest absolute Gasteiger partial charge is 0.310 e. The van der Waals surface area contributed by atoms with E-state index in [0.717, 1.165) is 12.8 Å². The van der Waals surface area contributed by atoms with E-state index >= 15 is 0 Å². The molecule has 3 fully saturated rings. The summed E-state index contributed by atoms with van der Waals surface area (Å²) in [7, 11) is 0. The highest BCUT2D eigenvalue weighted by molar-refractivity contribution is 5.96. The Labute approximate surface area is 115 Å². The van der Waals surface area contributed by atoms with Gasteiger partial charge in [-0.05, 0) is 43.0 Å². The molecule has 0 radical (unpaired) electrons. The first kappa shape index (κ1) is 11.9. The van der Waals surface area contributed by atoms with Crippen LogP contribution in [-0.2, 0) is 14.3 Å². The monoisotopic (exact) mass is 275 g/mol. The van der Waals surface area contributed by atoms with Crippen LogP contribution in [0.2, 0.25) is 0 Å². The number of hydrogen-bond acceptors (Lipinski definition) is 3. The third kappa shape index (κ3) is 1.58. The number of anilines is 1. The Morgan fingerprint density at radius 1 is 1.25 bits per heavy atom. The van der Waals surface area contributed by atoms with Crippen LogP contribution in [0.5, 0.6) is 0 Å². The number of benzene rings is 1. The van der Waals surface area contributed by atoms with Crippen LogP contribution in [0.4, 0.5) is 10.1 Å². The normalized spacial score (nSPS) is 37.0. The first-order valence-corrected chi connectivity index (χ1v) is 6.90. The van der Waals surface area contributed by atoms with Gasteiger partial charge in [0.15, 0.2) is 0 Å². The van der Waals surface area contributed by atoms with E-state index in [0.29, 0.717) is 5.69 Å². The molecule has 1 aromatic rings. The maximum Gasteiger partial charge on any atom is 0.310 e. The third-order valence-corrected chi connectivity index (χ3v) is 4.90. The minimum atomic E-state index is -0.342. The molecule has 1 heterocycles. The fraction of sp³-hybridized carbons (Fsp3) is 0.467. The van der Waals surface area contributed by atoms with Crippen molar-refractivity contribution in [1.29, 1.82) is 0 Å². The lowest BCUT2D eigenvalue weighted by molar-refractivity contribution is -0.145. The van der Waals surface area contributed by atoms with Gasteiger partial charge in [0.25, 0.3) is 0 Å². The molecule has 0 aromatic heterocycles. The fourth-order valence-electron chi connectivity index (χ4n) is 4.12. The van der Waals surface area contributed by atoms with Crippen LogP contribution in [0.1, 0.15) is 12.8 Å². The molecule has 1 aromatic carbocycles. The number of nitrogens with one attached hydrogen (secondary N) is 1. The Morgan fingerprint density at radius 3 is 2.75 bits per heavy atom. The van der Waals surface area contributed by atoms with E-state index in [1.807, 2.05) is 0 Å². The van der Waals surface area contributed by atoms with E-state index in [2.05, 4.69) is 5.32 Å². The summed E-state index contributed by atoms with van der Waals surface area (Å²) in [6, 6.07) is 5.65. The van der Waals surface area contributed by atoms with Gasteiger partial charge in [-0.1, -0.05) is 0 Å². The Bertz CT molecular complexity index is 583. The molecule has 2 bridgehead atoms. The molecule has 1 N–H and O–H groups in total. The van der Waals surface area contributed by atoms with Crippen LogP contribution in [-0.4, -0.2) is 18.0 Å². The number of hydrogen-bond donors (Lipinski definition) is 1. The van der Waals surface area contributed by atoms with E-state index < -0.39 is 0 Å². The lowest BCUT2D eigenvalue weighted by Gasteiger charge is -2.23. The molecule has 5 atom stereocenters. The first-order valence-electron chi connectivity index (χ1n) is 6.90. The highest BCUT2D eigenvalue weighted by atomic mass is 19.1. The number of esters is 1. The van der Waals surface area contributed by atoms with Crippen molar-refractivity contribution in [1.82, 2.24) is 0 Å². The highest BCUT2D eigenvalue weighted by Gasteiger charge is 2.63. The molecule has 1 saturated heterocycles. The second-order valence-electron chi connectivity index (χ2n) is 5.92. The Balaban J connectivity index is 1.54. The van der Waals surface area contributed by atoms with Crippen LogP contribution in [0, 0.1) is 29.5 Å². The van der Waals surface area contributed by atoms with Gasteiger partial charge in [-0.25, -0.2) is 4.39 Å². The van der Waals surface area contributed by atoms with Gasteiger partial charge in [-0.2, -0.15) is 0 Å². The van der Waals surface area contributed by atoms with Gasteiger partial charge in [-0.3, -0.25) is 9.59 Å². The number of halogens is 1. The molecule has 4 rings (SSSR count). The van der Waals surface area contributed by atoms with Gasteiger partial charge in [-0.15, -0.1) is 0 Å². The number of fused-ring (bicyclic) bond motifs is 1. The molecule has 104 valence electrons. The first-order chi connectivity index (χ1) is 9.63. The molecular formula is C15H14FNO3. The summed E-state index contributed by atoms with van der Waals surface area (Å²) in [5.74, 6) is -0.829. The third-order valence-electron chi connectivity index (χ3n) is 4.90. The molecule has 1 amide bonds. The van der Waals surface area contributed by atoms with Crippen molar-refractivity contribution < 1.29 is 18.7 Å². The standard InChI is InChI=1S/C15H14FNO3/c16-8-1-3-9(4-2-8)17-14(18)12-7-5-10-11(6-7)20-15(19)13(10)12/h1-4,7,10-13H,5-6H2,(H,17,18)/t7-,10+,11+,12-,13+/m1/s1. The van der Waals surface area contributed by atoms with Gasteiger partial charge in [0.1, 0.15) is 11.9 Å². The molecule has 1 aliphatic heterocycles. The molecular weight excluding hydrogens is 261 g/mol. The lowest BCUT2D eigenvalue weighted by atomic mass is 9.79. The van der Waals surface area contributed by atoms with Crippen molar-refractivity contribution in [3.05, 3.63) is 30.1 Å². The summed E-state index contributed by atoms with van der Waals surface area (Å²) < 4.78 is 18.2. The molecule has 20 heavy (non-hydrogen) atoms. The second-order valence-corrected chi connectivity index (χ2v) is 5.92. The Morgan fingerprint density at radius 2 is 2.00 bits per heavy atom. The van der Waals surface area contributed by atoms with Crippen LogP contribution in [0.25, 0.3) is 0 Å². The van der Waals surface area contributed by atoms with E-state index in [1.54, 1.807) is 0 Å². The number of amides is 1. The molecule has 4 nitrogen and oxygen atoms in total. The Hall–Kier alpha value is -1.91. The van der Waals surface area contributed by atoms with E-state index in [-0.39, 0.29) is 47.5 Å². The van der Waals surface area contributed by atoms with Crippen molar-refractivity contribution in [3.8, 4) is 0 Å². The molecule has 2 saturated carbocycles. The zero-order chi connectivity index (χ0) is 13.9. The quantitative estimate of drug-likeness (QED) is 0.839. The summed E-state index contributed by atoms with van der Waals surface area (Å²) in [5.41, 5.74) is 0.557. The predicted molar refractivity (Wildman–Crippen MR) is 68.1 cm³/mol. The van der Waals surface area contributed by atoms with Crippen LogP contribution in [0.15, 0.2) is 24.3 Å². The number of rotatable bonds is 2. The van der Waals surface area contributed by atoms with E-state index in [1.165, 1.54) is 24.3 Å². The predicted octanol–water partition coefficient (Wildman–Crippen LogP) is 1.96. The van der Waals surface area contributed by atoms with Gasteiger partial charge in [0.05, 0.1) is 11.8 Å². The number of carbonyl (C=O) groups is 2. The van der Waals surface area contributed by atoms with Crippen LogP contribution in [0.3, 0.4) is 0 Å². The molecule has 0 unspecified atom stereocenters. The summed E-state index contributed by atoms with van der Waals surface area (Å²) in [6.07, 6.45) is 1.74. The maximum atomic E-state index is 12.8. The maximum absolute atomic E-state index is 12.8. The summed E-state index contributed by atoms with van der Waals surface area (Å²) in [4.78, 5) is 24.3. The van der Waals surface area contributed by atoms with Crippen molar-refractivity contribution >= 4 is 17.6 Å². The summed E-state index contributed by atoms with van der Waals surface area (Å²) >= 11 is 0. The SMILES string of the molecule is O=C(Nc1ccc(F)cc1)[C@@H]1[C@@H]2C[C@@H]3[C@@H]1C(=O)O[C@H]3C2. The number of ether oxygens (including phenoxy) is 1.